The summed E-state index contributed by atoms with van der Waals surface area (Å²) >= 11 is 0. The Morgan fingerprint density at radius 3 is 2.58 bits per heavy atom. The Morgan fingerprint density at radius 2 is 1.91 bits per heavy atom. The first-order valence-corrected chi connectivity index (χ1v) is 11.1. The predicted molar refractivity (Wildman–Crippen MR) is 123 cm³/mol. The number of piperazine rings is 1. The molecule has 8 nitrogen and oxygen atoms in total. The second-order valence-corrected chi connectivity index (χ2v) is 8.04. The molecule has 4 rings (SSSR count). The Kier molecular flexibility index (Phi) is 7.09. The van der Waals surface area contributed by atoms with Gasteiger partial charge in [-0.1, -0.05) is 19.1 Å². The average Bonchev–Trinajstić information content (AvgIpc) is 2.83. The molecule has 0 atom stereocenters. The van der Waals surface area contributed by atoms with E-state index in [0.717, 1.165) is 44.0 Å². The summed E-state index contributed by atoms with van der Waals surface area (Å²) in [6, 6.07) is 10.2. The van der Waals surface area contributed by atoms with Crippen molar-refractivity contribution in [2.45, 2.75) is 19.9 Å². The number of hydrogen-bond acceptors (Lipinski definition) is 7. The van der Waals surface area contributed by atoms with Gasteiger partial charge in [-0.2, -0.15) is 0 Å². The lowest BCUT2D eigenvalue weighted by molar-refractivity contribution is 0.0947. The van der Waals surface area contributed by atoms with Gasteiger partial charge in [0.25, 0.3) is 5.91 Å². The fraction of sp³-hybridized carbons (Fsp3) is 0.333. The van der Waals surface area contributed by atoms with Crippen LogP contribution >= 0.6 is 0 Å². The number of rotatable bonds is 7. The third-order valence-electron chi connectivity index (χ3n) is 5.59. The maximum absolute atomic E-state index is 14.7. The zero-order valence-electron chi connectivity index (χ0n) is 18.5. The van der Waals surface area contributed by atoms with Gasteiger partial charge in [0, 0.05) is 56.6 Å². The van der Waals surface area contributed by atoms with Crippen LogP contribution in [0.4, 0.5) is 10.2 Å². The Morgan fingerprint density at radius 1 is 1.09 bits per heavy atom. The van der Waals surface area contributed by atoms with Crippen LogP contribution in [0.5, 0.6) is 5.75 Å². The van der Waals surface area contributed by atoms with Crippen molar-refractivity contribution in [2.24, 2.45) is 0 Å². The SMILES string of the molecule is CCCNC(=O)c1ccc(N2CCN(Cc3ccc(-c4cncc(O)c4)c(F)c3)CC2)nn1. The second kappa shape index (κ2) is 10.4. The number of nitrogens with zero attached hydrogens (tertiary/aromatic N) is 5. The first kappa shape index (κ1) is 22.6. The largest absolute Gasteiger partial charge is 0.506 e. The van der Waals surface area contributed by atoms with E-state index in [-0.39, 0.29) is 17.5 Å². The summed E-state index contributed by atoms with van der Waals surface area (Å²) < 4.78 is 14.7. The lowest BCUT2D eigenvalue weighted by Gasteiger charge is -2.35. The number of carbonyl (C=O) groups excluding carboxylic acids is 1. The fourth-order valence-corrected chi connectivity index (χ4v) is 3.80. The molecule has 9 heteroatoms. The molecule has 0 radical (unpaired) electrons. The van der Waals surface area contributed by atoms with Crippen molar-refractivity contribution in [2.75, 3.05) is 37.6 Å². The minimum absolute atomic E-state index is 0.00735. The van der Waals surface area contributed by atoms with Crippen molar-refractivity contribution in [1.29, 1.82) is 0 Å². The van der Waals surface area contributed by atoms with E-state index in [1.54, 1.807) is 18.2 Å². The van der Waals surface area contributed by atoms with Gasteiger partial charge in [-0.05, 0) is 36.2 Å². The number of halogens is 1. The van der Waals surface area contributed by atoms with Crippen LogP contribution in [-0.4, -0.2) is 63.8 Å². The van der Waals surface area contributed by atoms with Gasteiger partial charge in [0.15, 0.2) is 11.5 Å². The van der Waals surface area contributed by atoms with Crippen molar-refractivity contribution >= 4 is 11.7 Å². The summed E-state index contributed by atoms with van der Waals surface area (Å²) in [6.07, 6.45) is 3.72. The summed E-state index contributed by atoms with van der Waals surface area (Å²) in [4.78, 5) is 20.3. The first-order chi connectivity index (χ1) is 16.0. The van der Waals surface area contributed by atoms with Crippen LogP contribution in [0.2, 0.25) is 0 Å². The number of aromatic hydroxyl groups is 1. The molecule has 0 saturated carbocycles. The van der Waals surface area contributed by atoms with Gasteiger partial charge >= 0.3 is 0 Å². The van der Waals surface area contributed by atoms with E-state index in [1.165, 1.54) is 18.5 Å². The van der Waals surface area contributed by atoms with Gasteiger partial charge in [0.2, 0.25) is 0 Å². The maximum Gasteiger partial charge on any atom is 0.271 e. The van der Waals surface area contributed by atoms with E-state index >= 15 is 0 Å². The second-order valence-electron chi connectivity index (χ2n) is 8.04. The summed E-state index contributed by atoms with van der Waals surface area (Å²) in [6.45, 7) is 6.41. The van der Waals surface area contributed by atoms with E-state index < -0.39 is 0 Å². The van der Waals surface area contributed by atoms with Crippen LogP contribution in [0.15, 0.2) is 48.8 Å². The lowest BCUT2D eigenvalue weighted by atomic mass is 10.0. The predicted octanol–water partition coefficient (Wildman–Crippen LogP) is 2.85. The van der Waals surface area contributed by atoms with Gasteiger partial charge in [0.1, 0.15) is 11.6 Å². The summed E-state index contributed by atoms with van der Waals surface area (Å²) in [5.74, 6) is 0.209. The average molecular weight is 451 g/mol. The van der Waals surface area contributed by atoms with Crippen molar-refractivity contribution in [3.05, 3.63) is 65.9 Å². The third kappa shape index (κ3) is 5.61. The van der Waals surface area contributed by atoms with E-state index in [0.29, 0.717) is 29.9 Å². The number of hydrogen-bond donors (Lipinski definition) is 2. The Labute approximate surface area is 192 Å². The summed E-state index contributed by atoms with van der Waals surface area (Å²) in [5, 5.41) is 20.7. The zero-order valence-corrected chi connectivity index (χ0v) is 18.5. The highest BCUT2D eigenvalue weighted by Crippen LogP contribution is 2.26. The Balaban J connectivity index is 1.32. The lowest BCUT2D eigenvalue weighted by Crippen LogP contribution is -2.46. The smallest absolute Gasteiger partial charge is 0.271 e. The molecule has 172 valence electrons. The molecule has 0 bridgehead atoms. The molecule has 0 aliphatic carbocycles. The molecule has 3 aromatic rings. The number of nitrogens with one attached hydrogen (secondary N) is 1. The molecule has 0 spiro atoms. The quantitative estimate of drug-likeness (QED) is 0.572. The van der Waals surface area contributed by atoms with Crippen molar-refractivity contribution in [1.82, 2.24) is 25.4 Å². The number of pyridine rings is 1. The standard InChI is InChI=1S/C24H27FN6O2/c1-2-7-27-24(33)22-5-6-23(29-28-22)31-10-8-30(9-11-31)16-17-3-4-20(21(25)12-17)18-13-19(32)15-26-14-18/h3-6,12-15,32H,2,7-11,16H2,1H3,(H,27,33). The molecule has 33 heavy (non-hydrogen) atoms. The van der Waals surface area contributed by atoms with Crippen LogP contribution in [-0.2, 0) is 6.54 Å². The number of anilines is 1. The minimum atomic E-state index is -0.336. The van der Waals surface area contributed by atoms with Gasteiger partial charge in [-0.25, -0.2) is 4.39 Å². The number of carbonyl (C=O) groups is 1. The normalized spacial score (nSPS) is 14.3. The van der Waals surface area contributed by atoms with E-state index in [1.807, 2.05) is 19.1 Å². The minimum Gasteiger partial charge on any atom is -0.506 e. The van der Waals surface area contributed by atoms with Crippen LogP contribution in [0.3, 0.4) is 0 Å². The van der Waals surface area contributed by atoms with Crippen molar-refractivity contribution in [3.8, 4) is 16.9 Å². The van der Waals surface area contributed by atoms with Crippen LogP contribution in [0.1, 0.15) is 29.4 Å². The Hall–Kier alpha value is -3.59. The van der Waals surface area contributed by atoms with E-state index in [9.17, 15) is 14.3 Å². The van der Waals surface area contributed by atoms with Crippen LogP contribution < -0.4 is 10.2 Å². The Bertz CT molecular complexity index is 1100. The van der Waals surface area contributed by atoms with Gasteiger partial charge in [0.05, 0.1) is 6.20 Å². The van der Waals surface area contributed by atoms with E-state index in [2.05, 4.69) is 30.3 Å². The molecular formula is C24H27FN6O2. The van der Waals surface area contributed by atoms with Gasteiger partial charge < -0.3 is 15.3 Å². The molecule has 2 N–H and O–H groups in total. The highest BCUT2D eigenvalue weighted by atomic mass is 19.1. The summed E-state index contributed by atoms with van der Waals surface area (Å²) in [5.41, 5.74) is 2.16. The van der Waals surface area contributed by atoms with Crippen molar-refractivity contribution < 1.29 is 14.3 Å². The number of aromatic nitrogens is 3. The molecule has 1 aromatic carbocycles. The molecule has 1 aliphatic rings. The van der Waals surface area contributed by atoms with Gasteiger partial charge in [-0.15, -0.1) is 10.2 Å². The third-order valence-corrected chi connectivity index (χ3v) is 5.59. The van der Waals surface area contributed by atoms with Gasteiger partial charge in [-0.3, -0.25) is 14.7 Å². The highest BCUT2D eigenvalue weighted by Gasteiger charge is 2.19. The first-order valence-electron chi connectivity index (χ1n) is 11.1. The number of amides is 1. The molecule has 2 aromatic heterocycles. The van der Waals surface area contributed by atoms with Crippen LogP contribution in [0, 0.1) is 5.82 Å². The zero-order chi connectivity index (χ0) is 23.2. The number of benzene rings is 1. The fourth-order valence-electron chi connectivity index (χ4n) is 3.80. The molecular weight excluding hydrogens is 423 g/mol. The topological polar surface area (TPSA) is 94.5 Å². The molecule has 3 heterocycles. The molecule has 1 saturated heterocycles. The maximum atomic E-state index is 14.7. The van der Waals surface area contributed by atoms with E-state index in [4.69, 9.17) is 0 Å². The summed E-state index contributed by atoms with van der Waals surface area (Å²) in [7, 11) is 0. The molecule has 1 fully saturated rings. The van der Waals surface area contributed by atoms with Crippen molar-refractivity contribution in [3.63, 3.8) is 0 Å². The molecule has 1 amide bonds. The van der Waals surface area contributed by atoms with Crippen LogP contribution in [0.25, 0.3) is 11.1 Å². The molecule has 1 aliphatic heterocycles. The molecule has 0 unspecified atom stereocenters. The monoisotopic (exact) mass is 450 g/mol. The highest BCUT2D eigenvalue weighted by molar-refractivity contribution is 5.92.